The minimum absolute atomic E-state index is 0.559. The first-order chi connectivity index (χ1) is 12.8. The van der Waals surface area contributed by atoms with Crippen molar-refractivity contribution in [2.45, 2.75) is 26.4 Å². The Morgan fingerprint density at radius 3 is 2.27 bits per heavy atom. The summed E-state index contributed by atoms with van der Waals surface area (Å²) < 4.78 is 10.6. The SMILES string of the molecule is CCc1ccccc1CNC(=NC)NCc1ccc(OCCOC)cc1. The van der Waals surface area contributed by atoms with Crippen LogP contribution in [-0.2, 0) is 24.2 Å². The average Bonchev–Trinajstić information content (AvgIpc) is 2.69. The van der Waals surface area contributed by atoms with E-state index in [1.54, 1.807) is 14.2 Å². The van der Waals surface area contributed by atoms with E-state index in [9.17, 15) is 0 Å². The van der Waals surface area contributed by atoms with Crippen molar-refractivity contribution in [2.75, 3.05) is 27.4 Å². The Hall–Kier alpha value is -2.53. The first-order valence-corrected chi connectivity index (χ1v) is 8.98. The van der Waals surface area contributed by atoms with Crippen LogP contribution in [-0.4, -0.2) is 33.3 Å². The van der Waals surface area contributed by atoms with E-state index in [1.165, 1.54) is 16.7 Å². The molecule has 0 radical (unpaired) electrons. The van der Waals surface area contributed by atoms with Crippen molar-refractivity contribution in [1.29, 1.82) is 0 Å². The van der Waals surface area contributed by atoms with Crippen LogP contribution in [0.15, 0.2) is 53.5 Å². The number of nitrogens with one attached hydrogen (secondary N) is 2. The topological polar surface area (TPSA) is 54.9 Å². The molecule has 0 unspecified atom stereocenters. The first-order valence-electron chi connectivity index (χ1n) is 8.98. The third-order valence-electron chi connectivity index (χ3n) is 4.11. The van der Waals surface area contributed by atoms with E-state index in [1.807, 2.05) is 12.1 Å². The van der Waals surface area contributed by atoms with Crippen LogP contribution in [0.5, 0.6) is 5.75 Å². The maximum Gasteiger partial charge on any atom is 0.191 e. The zero-order valence-corrected chi connectivity index (χ0v) is 15.9. The van der Waals surface area contributed by atoms with E-state index >= 15 is 0 Å². The standard InChI is InChI=1S/C21H29N3O2/c1-4-18-7-5-6-8-19(18)16-24-21(22-2)23-15-17-9-11-20(12-10-17)26-14-13-25-3/h5-12H,4,13-16H2,1-3H3,(H2,22,23,24). The second-order valence-electron chi connectivity index (χ2n) is 5.89. The molecular formula is C21H29N3O2. The summed E-state index contributed by atoms with van der Waals surface area (Å²) in [4.78, 5) is 4.30. The van der Waals surface area contributed by atoms with Gasteiger partial charge in [0.05, 0.1) is 6.61 Å². The number of nitrogens with zero attached hydrogens (tertiary/aromatic N) is 1. The van der Waals surface area contributed by atoms with Crippen molar-refractivity contribution in [2.24, 2.45) is 4.99 Å². The second-order valence-corrected chi connectivity index (χ2v) is 5.89. The number of guanidine groups is 1. The van der Waals surface area contributed by atoms with Gasteiger partial charge in [0, 0.05) is 27.2 Å². The van der Waals surface area contributed by atoms with Crippen molar-refractivity contribution in [3.8, 4) is 5.75 Å². The number of rotatable bonds is 9. The Balaban J connectivity index is 1.81. The summed E-state index contributed by atoms with van der Waals surface area (Å²) in [5.41, 5.74) is 3.83. The number of benzene rings is 2. The minimum Gasteiger partial charge on any atom is -0.491 e. The number of methoxy groups -OCH3 is 1. The molecule has 5 heteroatoms. The van der Waals surface area contributed by atoms with Gasteiger partial charge in [-0.25, -0.2) is 0 Å². The van der Waals surface area contributed by atoms with Gasteiger partial charge in [0.2, 0.25) is 0 Å². The highest BCUT2D eigenvalue weighted by Gasteiger charge is 2.03. The highest BCUT2D eigenvalue weighted by atomic mass is 16.5. The lowest BCUT2D eigenvalue weighted by atomic mass is 10.1. The van der Waals surface area contributed by atoms with Crippen LogP contribution in [0.4, 0.5) is 0 Å². The summed E-state index contributed by atoms with van der Waals surface area (Å²) in [6.45, 7) is 4.79. The first kappa shape index (κ1) is 19.8. The highest BCUT2D eigenvalue weighted by molar-refractivity contribution is 5.79. The quantitative estimate of drug-likeness (QED) is 0.412. The van der Waals surface area contributed by atoms with E-state index in [4.69, 9.17) is 9.47 Å². The van der Waals surface area contributed by atoms with Crippen molar-refractivity contribution in [1.82, 2.24) is 10.6 Å². The van der Waals surface area contributed by atoms with E-state index in [-0.39, 0.29) is 0 Å². The van der Waals surface area contributed by atoms with Crippen LogP contribution in [0.25, 0.3) is 0 Å². The summed E-state index contributed by atoms with van der Waals surface area (Å²) in [6, 6.07) is 16.5. The van der Waals surface area contributed by atoms with Gasteiger partial charge >= 0.3 is 0 Å². The molecule has 0 bridgehead atoms. The van der Waals surface area contributed by atoms with Gasteiger partial charge in [0.15, 0.2) is 5.96 Å². The molecule has 0 saturated heterocycles. The van der Waals surface area contributed by atoms with Gasteiger partial charge in [-0.2, -0.15) is 0 Å². The summed E-state index contributed by atoms with van der Waals surface area (Å²) in [7, 11) is 3.45. The van der Waals surface area contributed by atoms with Gasteiger partial charge < -0.3 is 20.1 Å². The Morgan fingerprint density at radius 1 is 0.923 bits per heavy atom. The van der Waals surface area contributed by atoms with Gasteiger partial charge in [0.1, 0.15) is 12.4 Å². The molecular weight excluding hydrogens is 326 g/mol. The molecule has 2 N–H and O–H groups in total. The fourth-order valence-corrected chi connectivity index (χ4v) is 2.61. The van der Waals surface area contributed by atoms with Crippen molar-refractivity contribution >= 4 is 5.96 Å². The van der Waals surface area contributed by atoms with Crippen molar-refractivity contribution in [3.05, 3.63) is 65.2 Å². The molecule has 0 spiro atoms. The lowest BCUT2D eigenvalue weighted by Gasteiger charge is -2.14. The number of aliphatic imine (C=N–C) groups is 1. The molecule has 0 saturated carbocycles. The molecule has 2 rings (SSSR count). The van der Waals surface area contributed by atoms with Gasteiger partial charge in [0.25, 0.3) is 0 Å². The van der Waals surface area contributed by atoms with Crippen LogP contribution in [0, 0.1) is 0 Å². The van der Waals surface area contributed by atoms with E-state index < -0.39 is 0 Å². The van der Waals surface area contributed by atoms with Crippen molar-refractivity contribution < 1.29 is 9.47 Å². The zero-order chi connectivity index (χ0) is 18.6. The van der Waals surface area contributed by atoms with Gasteiger partial charge in [-0.3, -0.25) is 4.99 Å². The Bertz CT molecular complexity index is 684. The molecule has 2 aromatic rings. The monoisotopic (exact) mass is 355 g/mol. The Labute approximate surface area is 156 Å². The molecule has 0 aliphatic heterocycles. The predicted molar refractivity (Wildman–Crippen MR) is 107 cm³/mol. The summed E-state index contributed by atoms with van der Waals surface area (Å²) in [6.07, 6.45) is 1.03. The molecule has 0 aliphatic rings. The zero-order valence-electron chi connectivity index (χ0n) is 15.9. The van der Waals surface area contributed by atoms with E-state index in [0.29, 0.717) is 19.8 Å². The third-order valence-corrected chi connectivity index (χ3v) is 4.11. The van der Waals surface area contributed by atoms with E-state index in [2.05, 4.69) is 58.9 Å². The van der Waals surface area contributed by atoms with Gasteiger partial charge in [-0.15, -0.1) is 0 Å². The number of aryl methyl sites for hydroxylation is 1. The van der Waals surface area contributed by atoms with Crippen molar-refractivity contribution in [3.63, 3.8) is 0 Å². The molecule has 5 nitrogen and oxygen atoms in total. The lowest BCUT2D eigenvalue weighted by molar-refractivity contribution is 0.146. The predicted octanol–water partition coefficient (Wildman–Crippen LogP) is 3.14. The van der Waals surface area contributed by atoms with E-state index in [0.717, 1.165) is 24.7 Å². The molecule has 0 heterocycles. The molecule has 0 fully saturated rings. The third kappa shape index (κ3) is 6.41. The lowest BCUT2D eigenvalue weighted by Crippen LogP contribution is -2.36. The molecule has 0 amide bonds. The van der Waals surface area contributed by atoms with Crippen LogP contribution < -0.4 is 15.4 Å². The number of hydrogen-bond acceptors (Lipinski definition) is 3. The normalized spacial score (nSPS) is 11.3. The second kappa shape index (κ2) is 11.2. The fourth-order valence-electron chi connectivity index (χ4n) is 2.61. The molecule has 26 heavy (non-hydrogen) atoms. The number of hydrogen-bond donors (Lipinski definition) is 2. The van der Waals surface area contributed by atoms with Gasteiger partial charge in [-0.1, -0.05) is 43.3 Å². The number of ether oxygens (including phenoxy) is 2. The maximum absolute atomic E-state index is 5.58. The minimum atomic E-state index is 0.559. The molecule has 0 atom stereocenters. The Morgan fingerprint density at radius 2 is 1.62 bits per heavy atom. The molecule has 0 aliphatic carbocycles. The average molecular weight is 355 g/mol. The highest BCUT2D eigenvalue weighted by Crippen LogP contribution is 2.12. The maximum atomic E-state index is 5.58. The molecule has 0 aromatic heterocycles. The molecule has 2 aromatic carbocycles. The van der Waals surface area contributed by atoms with Crippen LogP contribution in [0.2, 0.25) is 0 Å². The van der Waals surface area contributed by atoms with Gasteiger partial charge in [-0.05, 0) is 35.2 Å². The largest absolute Gasteiger partial charge is 0.491 e. The smallest absolute Gasteiger partial charge is 0.191 e. The van der Waals surface area contributed by atoms with Crippen LogP contribution >= 0.6 is 0 Å². The Kier molecular flexibility index (Phi) is 8.49. The summed E-state index contributed by atoms with van der Waals surface area (Å²) >= 11 is 0. The van der Waals surface area contributed by atoms with Crippen LogP contribution in [0.1, 0.15) is 23.6 Å². The summed E-state index contributed by atoms with van der Waals surface area (Å²) in [5, 5.41) is 6.72. The van der Waals surface area contributed by atoms with Crippen LogP contribution in [0.3, 0.4) is 0 Å². The fraction of sp³-hybridized carbons (Fsp3) is 0.381. The summed E-state index contributed by atoms with van der Waals surface area (Å²) in [5.74, 6) is 1.64. The molecule has 140 valence electrons.